The minimum atomic E-state index is -3.28. The quantitative estimate of drug-likeness (QED) is 0.732. The summed E-state index contributed by atoms with van der Waals surface area (Å²) in [5.74, 6) is 0.218. The molecule has 0 N–H and O–H groups in total. The van der Waals surface area contributed by atoms with Crippen LogP contribution in [-0.4, -0.2) is 57.3 Å². The highest BCUT2D eigenvalue weighted by molar-refractivity contribution is 7.86. The first-order valence-corrected chi connectivity index (χ1v) is 9.59. The molecule has 134 valence electrons. The molecule has 2 rings (SSSR count). The van der Waals surface area contributed by atoms with Crippen LogP contribution in [0.3, 0.4) is 0 Å². The van der Waals surface area contributed by atoms with E-state index in [0.717, 1.165) is 25.7 Å². The molecule has 7 heteroatoms. The van der Waals surface area contributed by atoms with Crippen molar-refractivity contribution in [1.82, 2.24) is 8.61 Å². The first-order valence-electron chi connectivity index (χ1n) is 8.19. The molecule has 0 amide bonds. The zero-order valence-corrected chi connectivity index (χ0v) is 15.4. The molecular weight excluding hydrogens is 328 g/mol. The van der Waals surface area contributed by atoms with Crippen molar-refractivity contribution in [3.05, 3.63) is 35.4 Å². The van der Waals surface area contributed by atoms with Gasteiger partial charge in [-0.05, 0) is 49.3 Å². The summed E-state index contributed by atoms with van der Waals surface area (Å²) >= 11 is 0. The summed E-state index contributed by atoms with van der Waals surface area (Å²) < 4.78 is 31.7. The molecule has 0 aromatic heterocycles. The lowest BCUT2D eigenvalue weighted by Gasteiger charge is -2.32. The summed E-state index contributed by atoms with van der Waals surface area (Å²) in [6.07, 6.45) is 3.76. The van der Waals surface area contributed by atoms with Crippen molar-refractivity contribution < 1.29 is 17.9 Å². The lowest BCUT2D eigenvalue weighted by molar-refractivity contribution is 0.0600. The van der Waals surface area contributed by atoms with Gasteiger partial charge in [-0.25, -0.2) is 4.79 Å². The monoisotopic (exact) mass is 354 g/mol. The predicted molar refractivity (Wildman–Crippen MR) is 93.0 cm³/mol. The molecule has 6 nitrogen and oxygen atoms in total. The Hall–Kier alpha value is -1.44. The van der Waals surface area contributed by atoms with Crippen LogP contribution in [0.5, 0.6) is 0 Å². The Bertz CT molecular complexity index is 648. The Kier molecular flexibility index (Phi) is 6.37. The second kappa shape index (κ2) is 8.09. The third-order valence-corrected chi connectivity index (χ3v) is 6.52. The Morgan fingerprint density at radius 2 is 1.79 bits per heavy atom. The number of methoxy groups -OCH3 is 1. The molecule has 1 fully saturated rings. The molecule has 1 saturated heterocycles. The zero-order chi connectivity index (χ0) is 17.7. The summed E-state index contributed by atoms with van der Waals surface area (Å²) in [5, 5.41) is 0. The van der Waals surface area contributed by atoms with E-state index in [1.54, 1.807) is 30.5 Å². The molecule has 1 aromatic rings. The minimum Gasteiger partial charge on any atom is -0.465 e. The van der Waals surface area contributed by atoms with E-state index in [1.807, 2.05) is 12.1 Å². The standard InChI is InChI=1S/C17H26N2O4S/c1-18(2)24(21,22)19-12-10-15(11-13-19)5-4-14-6-8-16(9-7-14)17(20)23-3/h6-9,15H,4-5,10-13H2,1-3H3. The maximum absolute atomic E-state index is 12.1. The molecule has 0 atom stereocenters. The van der Waals surface area contributed by atoms with Crippen LogP contribution in [-0.2, 0) is 21.4 Å². The van der Waals surface area contributed by atoms with Gasteiger partial charge in [-0.1, -0.05) is 12.1 Å². The van der Waals surface area contributed by atoms with Gasteiger partial charge in [0.25, 0.3) is 10.2 Å². The molecule has 0 unspecified atom stereocenters. The van der Waals surface area contributed by atoms with Gasteiger partial charge in [0.1, 0.15) is 0 Å². The van der Waals surface area contributed by atoms with Gasteiger partial charge in [-0.2, -0.15) is 17.0 Å². The van der Waals surface area contributed by atoms with Gasteiger partial charge in [0.2, 0.25) is 0 Å². The lowest BCUT2D eigenvalue weighted by Crippen LogP contribution is -2.44. The lowest BCUT2D eigenvalue weighted by atomic mass is 9.91. The van der Waals surface area contributed by atoms with E-state index < -0.39 is 10.2 Å². The fraction of sp³-hybridized carbons (Fsp3) is 0.588. The number of hydrogen-bond acceptors (Lipinski definition) is 4. The molecule has 0 saturated carbocycles. The molecule has 1 aromatic carbocycles. The highest BCUT2D eigenvalue weighted by Crippen LogP contribution is 2.24. The average Bonchev–Trinajstić information content (AvgIpc) is 2.60. The molecule has 0 radical (unpaired) electrons. The van der Waals surface area contributed by atoms with Crippen molar-refractivity contribution in [3.8, 4) is 0 Å². The second-order valence-corrected chi connectivity index (χ2v) is 8.50. The number of aryl methyl sites for hydroxylation is 1. The number of piperidine rings is 1. The van der Waals surface area contributed by atoms with E-state index in [-0.39, 0.29) is 5.97 Å². The van der Waals surface area contributed by atoms with Crippen molar-refractivity contribution in [1.29, 1.82) is 0 Å². The van der Waals surface area contributed by atoms with Gasteiger partial charge in [0.15, 0.2) is 0 Å². The molecule has 24 heavy (non-hydrogen) atoms. The van der Waals surface area contributed by atoms with Crippen molar-refractivity contribution in [3.63, 3.8) is 0 Å². The van der Waals surface area contributed by atoms with E-state index in [2.05, 4.69) is 4.74 Å². The van der Waals surface area contributed by atoms with E-state index in [9.17, 15) is 13.2 Å². The van der Waals surface area contributed by atoms with Gasteiger partial charge < -0.3 is 4.74 Å². The van der Waals surface area contributed by atoms with Crippen LogP contribution in [0.2, 0.25) is 0 Å². The van der Waals surface area contributed by atoms with Crippen LogP contribution in [0.15, 0.2) is 24.3 Å². The van der Waals surface area contributed by atoms with Crippen molar-refractivity contribution in [2.45, 2.75) is 25.7 Å². The van der Waals surface area contributed by atoms with E-state index >= 15 is 0 Å². The fourth-order valence-corrected chi connectivity index (χ4v) is 4.09. The number of rotatable bonds is 6. The van der Waals surface area contributed by atoms with Gasteiger partial charge in [0.05, 0.1) is 12.7 Å². The fourth-order valence-electron chi connectivity index (χ4n) is 2.96. The molecule has 1 heterocycles. The van der Waals surface area contributed by atoms with Crippen LogP contribution in [0.1, 0.15) is 35.2 Å². The minimum absolute atomic E-state index is 0.323. The molecular formula is C17H26N2O4S. The van der Waals surface area contributed by atoms with E-state index in [4.69, 9.17) is 0 Å². The molecule has 1 aliphatic rings. The number of carbonyl (C=O) groups excluding carboxylic acids is 1. The van der Waals surface area contributed by atoms with Crippen molar-refractivity contribution in [2.24, 2.45) is 5.92 Å². The number of esters is 1. The first-order chi connectivity index (χ1) is 11.3. The number of nitrogens with zero attached hydrogens (tertiary/aromatic N) is 2. The predicted octanol–water partition coefficient (Wildman–Crippen LogP) is 1.92. The number of benzene rings is 1. The largest absolute Gasteiger partial charge is 0.465 e. The topological polar surface area (TPSA) is 66.9 Å². The molecule has 1 aliphatic heterocycles. The van der Waals surface area contributed by atoms with Gasteiger partial charge in [-0.15, -0.1) is 0 Å². The molecule has 0 aliphatic carbocycles. The van der Waals surface area contributed by atoms with Crippen LogP contribution in [0.25, 0.3) is 0 Å². The van der Waals surface area contributed by atoms with Crippen molar-refractivity contribution >= 4 is 16.2 Å². The average molecular weight is 354 g/mol. The van der Waals surface area contributed by atoms with Gasteiger partial charge >= 0.3 is 5.97 Å². The Labute approximate surface area is 144 Å². The maximum atomic E-state index is 12.1. The molecule has 0 spiro atoms. The SMILES string of the molecule is COC(=O)c1ccc(CCC2CCN(S(=O)(=O)N(C)C)CC2)cc1. The second-order valence-electron chi connectivity index (χ2n) is 6.36. The van der Waals surface area contributed by atoms with Crippen LogP contribution < -0.4 is 0 Å². The number of carbonyl (C=O) groups is 1. The van der Waals surface area contributed by atoms with Crippen LogP contribution in [0, 0.1) is 5.92 Å². The Morgan fingerprint density at radius 1 is 1.21 bits per heavy atom. The van der Waals surface area contributed by atoms with Gasteiger partial charge in [-0.3, -0.25) is 0 Å². The summed E-state index contributed by atoms with van der Waals surface area (Å²) in [4.78, 5) is 11.4. The number of hydrogen-bond donors (Lipinski definition) is 0. The summed E-state index contributed by atoms with van der Waals surface area (Å²) in [7, 11) is 1.23. The van der Waals surface area contributed by atoms with E-state index in [1.165, 1.54) is 17.0 Å². The van der Waals surface area contributed by atoms with Crippen LogP contribution >= 0.6 is 0 Å². The smallest absolute Gasteiger partial charge is 0.337 e. The first kappa shape index (κ1) is 18.9. The van der Waals surface area contributed by atoms with Crippen molar-refractivity contribution in [2.75, 3.05) is 34.3 Å². The Balaban J connectivity index is 1.82. The van der Waals surface area contributed by atoms with Gasteiger partial charge in [0, 0.05) is 27.2 Å². The highest BCUT2D eigenvalue weighted by Gasteiger charge is 2.29. The Morgan fingerprint density at radius 3 is 2.29 bits per heavy atom. The van der Waals surface area contributed by atoms with Crippen LogP contribution in [0.4, 0.5) is 0 Å². The highest BCUT2D eigenvalue weighted by atomic mass is 32.2. The number of ether oxygens (including phenoxy) is 1. The third kappa shape index (κ3) is 4.55. The summed E-state index contributed by atoms with van der Waals surface area (Å²) in [6.45, 7) is 1.18. The molecule has 0 bridgehead atoms. The third-order valence-electron chi connectivity index (χ3n) is 4.58. The van der Waals surface area contributed by atoms with E-state index in [0.29, 0.717) is 24.6 Å². The maximum Gasteiger partial charge on any atom is 0.337 e. The summed E-state index contributed by atoms with van der Waals surface area (Å²) in [5.41, 5.74) is 1.74. The summed E-state index contributed by atoms with van der Waals surface area (Å²) in [6, 6.07) is 7.48. The normalized spacial score (nSPS) is 17.2. The zero-order valence-electron chi connectivity index (χ0n) is 14.6.